The Morgan fingerprint density at radius 2 is 1.46 bits per heavy atom. The molecule has 0 aliphatic carbocycles. The van der Waals surface area contributed by atoms with Crippen molar-refractivity contribution < 1.29 is 23.8 Å². The number of esters is 2. The molecule has 0 saturated carbocycles. The van der Waals surface area contributed by atoms with Crippen LogP contribution in [0.5, 0.6) is 5.75 Å². The average Bonchev–Trinajstić information content (AvgIpc) is 2.58. The molecule has 1 rings (SSSR count). The van der Waals surface area contributed by atoms with Crippen molar-refractivity contribution in [2.45, 2.75) is 52.4 Å². The van der Waals surface area contributed by atoms with Crippen molar-refractivity contribution in [1.29, 1.82) is 0 Å². The highest BCUT2D eigenvalue weighted by atomic mass is 16.5. The van der Waals surface area contributed by atoms with E-state index in [1.165, 1.54) is 6.92 Å². The summed E-state index contributed by atoms with van der Waals surface area (Å²) >= 11 is 0. The molecular formula is C19H28O5. The second kappa shape index (κ2) is 12.4. The van der Waals surface area contributed by atoms with Crippen LogP contribution in [0.2, 0.25) is 0 Å². The maximum Gasteiger partial charge on any atom is 0.338 e. The smallest absolute Gasteiger partial charge is 0.338 e. The molecule has 0 unspecified atom stereocenters. The summed E-state index contributed by atoms with van der Waals surface area (Å²) in [6.07, 6.45) is 5.75. The van der Waals surface area contributed by atoms with Gasteiger partial charge in [-0.1, -0.05) is 19.8 Å². The molecule has 1 aromatic rings. The van der Waals surface area contributed by atoms with Crippen molar-refractivity contribution in [1.82, 2.24) is 0 Å². The monoisotopic (exact) mass is 336 g/mol. The van der Waals surface area contributed by atoms with E-state index in [0.717, 1.165) is 44.3 Å². The molecule has 0 N–H and O–H groups in total. The Labute approximate surface area is 144 Å². The number of carbonyl (C=O) groups is 2. The van der Waals surface area contributed by atoms with Gasteiger partial charge in [-0.25, -0.2) is 4.79 Å². The largest absolute Gasteiger partial charge is 0.494 e. The number of rotatable bonds is 12. The lowest BCUT2D eigenvalue weighted by atomic mass is 10.2. The SMILES string of the molecule is CCCCCOc1ccc(C(=O)OCCCCCOC(C)=O)cc1. The number of unbranched alkanes of at least 4 members (excludes halogenated alkanes) is 4. The van der Waals surface area contributed by atoms with Gasteiger partial charge in [-0.05, 0) is 49.9 Å². The van der Waals surface area contributed by atoms with Crippen LogP contribution in [-0.4, -0.2) is 31.8 Å². The fourth-order valence-electron chi connectivity index (χ4n) is 2.07. The van der Waals surface area contributed by atoms with Crippen LogP contribution in [-0.2, 0) is 14.3 Å². The van der Waals surface area contributed by atoms with Crippen LogP contribution in [0.25, 0.3) is 0 Å². The molecule has 0 heterocycles. The molecule has 0 aromatic heterocycles. The highest BCUT2D eigenvalue weighted by Crippen LogP contribution is 2.14. The quantitative estimate of drug-likeness (QED) is 0.424. The number of carbonyl (C=O) groups excluding carboxylic acids is 2. The van der Waals surface area contributed by atoms with E-state index in [1.807, 2.05) is 0 Å². The third-order valence-electron chi connectivity index (χ3n) is 3.43. The molecule has 0 saturated heterocycles. The normalized spacial score (nSPS) is 10.2. The first kappa shape index (κ1) is 20.0. The molecule has 0 fully saturated rings. The van der Waals surface area contributed by atoms with Gasteiger partial charge < -0.3 is 14.2 Å². The molecule has 0 bridgehead atoms. The van der Waals surface area contributed by atoms with Crippen LogP contribution in [0.1, 0.15) is 62.7 Å². The number of ether oxygens (including phenoxy) is 3. The third kappa shape index (κ3) is 9.18. The molecule has 0 aliphatic heterocycles. The third-order valence-corrected chi connectivity index (χ3v) is 3.43. The Kier molecular flexibility index (Phi) is 10.3. The summed E-state index contributed by atoms with van der Waals surface area (Å²) in [5, 5.41) is 0. The van der Waals surface area contributed by atoms with E-state index in [4.69, 9.17) is 14.2 Å². The lowest BCUT2D eigenvalue weighted by Gasteiger charge is -2.07. The lowest BCUT2D eigenvalue weighted by molar-refractivity contribution is -0.141. The van der Waals surface area contributed by atoms with Crippen molar-refractivity contribution in [3.63, 3.8) is 0 Å². The van der Waals surface area contributed by atoms with Crippen molar-refractivity contribution in [3.05, 3.63) is 29.8 Å². The second-order valence-electron chi connectivity index (χ2n) is 5.62. The summed E-state index contributed by atoms with van der Waals surface area (Å²) in [6.45, 7) is 5.03. The first-order valence-electron chi connectivity index (χ1n) is 8.67. The van der Waals surface area contributed by atoms with Gasteiger partial charge in [0.05, 0.1) is 25.4 Å². The van der Waals surface area contributed by atoms with Gasteiger partial charge in [-0.2, -0.15) is 0 Å². The summed E-state index contributed by atoms with van der Waals surface area (Å²) in [6, 6.07) is 7.03. The van der Waals surface area contributed by atoms with Gasteiger partial charge in [0, 0.05) is 6.92 Å². The van der Waals surface area contributed by atoms with Gasteiger partial charge in [-0.15, -0.1) is 0 Å². The predicted molar refractivity (Wildman–Crippen MR) is 92.2 cm³/mol. The van der Waals surface area contributed by atoms with Gasteiger partial charge in [0.25, 0.3) is 0 Å². The Morgan fingerprint density at radius 3 is 2.08 bits per heavy atom. The molecule has 1 aromatic carbocycles. The molecule has 0 radical (unpaired) electrons. The van der Waals surface area contributed by atoms with Crippen molar-refractivity contribution >= 4 is 11.9 Å². The highest BCUT2D eigenvalue weighted by molar-refractivity contribution is 5.89. The van der Waals surface area contributed by atoms with Gasteiger partial charge in [-0.3, -0.25) is 4.79 Å². The summed E-state index contributed by atoms with van der Waals surface area (Å²) < 4.78 is 15.7. The van der Waals surface area contributed by atoms with Crippen LogP contribution in [0.4, 0.5) is 0 Å². The van der Waals surface area contributed by atoms with Gasteiger partial charge in [0.2, 0.25) is 0 Å². The molecule has 134 valence electrons. The van der Waals surface area contributed by atoms with E-state index in [2.05, 4.69) is 6.92 Å². The van der Waals surface area contributed by atoms with Crippen LogP contribution in [0, 0.1) is 0 Å². The molecule has 0 aliphatic rings. The van der Waals surface area contributed by atoms with E-state index >= 15 is 0 Å². The maximum absolute atomic E-state index is 11.9. The molecule has 5 heteroatoms. The van der Waals surface area contributed by atoms with E-state index in [9.17, 15) is 9.59 Å². The Morgan fingerprint density at radius 1 is 0.833 bits per heavy atom. The first-order valence-corrected chi connectivity index (χ1v) is 8.67. The summed E-state index contributed by atoms with van der Waals surface area (Å²) in [4.78, 5) is 22.5. The molecule has 0 spiro atoms. The van der Waals surface area contributed by atoms with E-state index in [1.54, 1.807) is 24.3 Å². The standard InChI is InChI=1S/C19H28O5/c1-3-4-6-14-23-18-11-9-17(10-12-18)19(21)24-15-8-5-7-13-22-16(2)20/h9-12H,3-8,13-15H2,1-2H3. The minimum Gasteiger partial charge on any atom is -0.494 e. The number of hydrogen-bond acceptors (Lipinski definition) is 5. The fraction of sp³-hybridized carbons (Fsp3) is 0.579. The molecule has 0 amide bonds. The second-order valence-corrected chi connectivity index (χ2v) is 5.62. The van der Waals surface area contributed by atoms with Crippen LogP contribution in [0.3, 0.4) is 0 Å². The number of benzene rings is 1. The van der Waals surface area contributed by atoms with Crippen molar-refractivity contribution in [2.75, 3.05) is 19.8 Å². The zero-order valence-corrected chi connectivity index (χ0v) is 14.7. The van der Waals surface area contributed by atoms with Crippen LogP contribution >= 0.6 is 0 Å². The molecule has 24 heavy (non-hydrogen) atoms. The van der Waals surface area contributed by atoms with Crippen LogP contribution < -0.4 is 4.74 Å². The Hall–Kier alpha value is -2.04. The van der Waals surface area contributed by atoms with Gasteiger partial charge in [0.15, 0.2) is 0 Å². The van der Waals surface area contributed by atoms with E-state index in [0.29, 0.717) is 25.4 Å². The first-order chi connectivity index (χ1) is 11.6. The zero-order valence-electron chi connectivity index (χ0n) is 14.7. The average molecular weight is 336 g/mol. The fourth-order valence-corrected chi connectivity index (χ4v) is 2.07. The summed E-state index contributed by atoms with van der Waals surface area (Å²) in [7, 11) is 0. The number of hydrogen-bond donors (Lipinski definition) is 0. The highest BCUT2D eigenvalue weighted by Gasteiger charge is 2.07. The van der Waals surface area contributed by atoms with Gasteiger partial charge in [0.1, 0.15) is 5.75 Å². The minimum absolute atomic E-state index is 0.265. The van der Waals surface area contributed by atoms with Crippen LogP contribution in [0.15, 0.2) is 24.3 Å². The molecular weight excluding hydrogens is 308 g/mol. The van der Waals surface area contributed by atoms with E-state index < -0.39 is 0 Å². The van der Waals surface area contributed by atoms with Gasteiger partial charge >= 0.3 is 11.9 Å². The van der Waals surface area contributed by atoms with Crippen molar-refractivity contribution in [2.24, 2.45) is 0 Å². The molecule has 0 atom stereocenters. The Bertz CT molecular complexity index is 481. The topological polar surface area (TPSA) is 61.8 Å². The Balaban J connectivity index is 2.17. The lowest BCUT2D eigenvalue weighted by Crippen LogP contribution is -2.07. The minimum atomic E-state index is -0.326. The summed E-state index contributed by atoms with van der Waals surface area (Å²) in [5.41, 5.74) is 0.524. The maximum atomic E-state index is 11.9. The zero-order chi connectivity index (χ0) is 17.6. The van der Waals surface area contributed by atoms with E-state index in [-0.39, 0.29) is 11.9 Å². The molecule has 5 nitrogen and oxygen atoms in total. The van der Waals surface area contributed by atoms with Crippen molar-refractivity contribution in [3.8, 4) is 5.75 Å². The summed E-state index contributed by atoms with van der Waals surface area (Å²) in [5.74, 6) is 0.180. The predicted octanol–water partition coefficient (Wildman–Crippen LogP) is 4.15.